The highest BCUT2D eigenvalue weighted by atomic mass is 32.2. The molecule has 10 heteroatoms. The number of furan rings is 1. The Bertz CT molecular complexity index is 1270. The molecular weight excluding hydrogens is 444 g/mol. The van der Waals surface area contributed by atoms with Crippen LogP contribution in [0.5, 0.6) is 0 Å². The normalized spacial score (nSPS) is 11.2. The lowest BCUT2D eigenvalue weighted by Crippen LogP contribution is -2.24. The number of hydrogen-bond acceptors (Lipinski definition) is 8. The number of aryl methyl sites for hydroxylation is 4. The molecule has 3 aromatic heterocycles. The van der Waals surface area contributed by atoms with Crippen molar-refractivity contribution in [2.45, 2.75) is 45.5 Å². The van der Waals surface area contributed by atoms with E-state index in [4.69, 9.17) is 15.2 Å². The van der Waals surface area contributed by atoms with Gasteiger partial charge in [0.05, 0.1) is 23.2 Å². The Hall–Kier alpha value is -3.11. The van der Waals surface area contributed by atoms with Crippen molar-refractivity contribution in [2.24, 2.45) is 0 Å². The summed E-state index contributed by atoms with van der Waals surface area (Å²) in [5, 5.41) is 11.6. The average molecular weight is 469 g/mol. The Labute approximate surface area is 194 Å². The number of rotatable bonds is 6. The molecule has 0 atom stereocenters. The number of nitrogens with zero attached hydrogens (tertiary/aromatic N) is 5. The second-order valence-electron chi connectivity index (χ2n) is 7.58. The molecule has 0 radical (unpaired) electrons. The van der Waals surface area contributed by atoms with Crippen molar-refractivity contribution in [3.8, 4) is 11.4 Å². The van der Waals surface area contributed by atoms with Crippen LogP contribution in [0.2, 0.25) is 0 Å². The van der Waals surface area contributed by atoms with Crippen LogP contribution in [-0.2, 0) is 10.5 Å². The minimum atomic E-state index is -0.0737. The number of amides is 1. The predicted molar refractivity (Wildman–Crippen MR) is 128 cm³/mol. The number of nitrogen functional groups attached to an aromatic ring is 1. The Morgan fingerprint density at radius 1 is 1.22 bits per heavy atom. The number of aromatic nitrogens is 4. The van der Waals surface area contributed by atoms with Crippen LogP contribution in [-0.4, -0.2) is 25.8 Å². The van der Waals surface area contributed by atoms with Crippen molar-refractivity contribution in [3.05, 3.63) is 58.0 Å². The maximum Gasteiger partial charge on any atom is 0.230 e. The third-order valence-corrected chi connectivity index (χ3v) is 6.87. The quantitative estimate of drug-likeness (QED) is 0.316. The number of carbonyl (C=O) groups is 1. The van der Waals surface area contributed by atoms with E-state index in [0.29, 0.717) is 21.9 Å². The average Bonchev–Trinajstić information content (AvgIpc) is 3.43. The predicted octanol–water partition coefficient (Wildman–Crippen LogP) is 4.92. The number of nitrogens with two attached hydrogens (primary N) is 1. The molecule has 4 aromatic rings. The van der Waals surface area contributed by atoms with Crippen LogP contribution in [0.3, 0.4) is 0 Å². The first-order valence-electron chi connectivity index (χ1n) is 9.97. The van der Waals surface area contributed by atoms with Gasteiger partial charge in [-0.3, -0.25) is 9.69 Å². The molecule has 0 saturated carbocycles. The van der Waals surface area contributed by atoms with Crippen molar-refractivity contribution in [1.82, 2.24) is 19.9 Å². The van der Waals surface area contributed by atoms with E-state index in [0.717, 1.165) is 33.8 Å². The first kappa shape index (κ1) is 22.1. The van der Waals surface area contributed by atoms with Crippen LogP contribution in [0, 0.1) is 27.7 Å². The molecule has 2 N–H and O–H groups in total. The SMILES string of the molecule is CC(=O)N(c1nc(CSc2nnc(-c3ccoc3C)n2N)cs1)c1c(C)cc(C)cc1C. The fourth-order valence-electron chi connectivity index (χ4n) is 3.69. The van der Waals surface area contributed by atoms with Gasteiger partial charge in [0.15, 0.2) is 11.0 Å². The summed E-state index contributed by atoms with van der Waals surface area (Å²) in [5.74, 6) is 7.96. The monoisotopic (exact) mass is 468 g/mol. The molecule has 0 aliphatic carbocycles. The van der Waals surface area contributed by atoms with Crippen molar-refractivity contribution >= 4 is 39.8 Å². The van der Waals surface area contributed by atoms with Crippen LogP contribution >= 0.6 is 23.1 Å². The Morgan fingerprint density at radius 2 is 1.94 bits per heavy atom. The fraction of sp³-hybridized carbons (Fsp3) is 0.273. The molecule has 1 amide bonds. The third kappa shape index (κ3) is 4.15. The molecule has 0 aliphatic rings. The molecular formula is C22H24N6O2S2. The molecule has 1 aromatic carbocycles. The third-order valence-electron chi connectivity index (χ3n) is 5.02. The van der Waals surface area contributed by atoms with Crippen molar-refractivity contribution in [1.29, 1.82) is 0 Å². The van der Waals surface area contributed by atoms with Crippen molar-refractivity contribution in [2.75, 3.05) is 10.7 Å². The standard InChI is InChI=1S/C22H24N6O2S2/c1-12-8-13(2)19(14(3)9-12)27(16(5)29)21-24-17(10-31-21)11-32-22-26-25-20(28(22)23)18-6-7-30-15(18)4/h6-10H,11,23H2,1-5H3. The van der Waals surface area contributed by atoms with Gasteiger partial charge in [0.2, 0.25) is 11.1 Å². The minimum absolute atomic E-state index is 0.0737. The summed E-state index contributed by atoms with van der Waals surface area (Å²) >= 11 is 2.88. The number of carbonyl (C=O) groups excluding carboxylic acids is 1. The van der Waals surface area contributed by atoms with E-state index in [1.165, 1.54) is 33.3 Å². The van der Waals surface area contributed by atoms with E-state index in [1.807, 2.05) is 32.2 Å². The van der Waals surface area contributed by atoms with Crippen LogP contribution in [0.25, 0.3) is 11.4 Å². The van der Waals surface area contributed by atoms with Crippen LogP contribution in [0.1, 0.15) is 35.1 Å². The highest BCUT2D eigenvalue weighted by Gasteiger charge is 2.22. The van der Waals surface area contributed by atoms with Crippen LogP contribution < -0.4 is 10.7 Å². The zero-order valence-corrected chi connectivity index (χ0v) is 20.2. The fourth-order valence-corrected chi connectivity index (χ4v) is 5.42. The lowest BCUT2D eigenvalue weighted by molar-refractivity contribution is -0.115. The lowest BCUT2D eigenvalue weighted by atomic mass is 10.0. The summed E-state index contributed by atoms with van der Waals surface area (Å²) in [5.41, 5.74) is 5.79. The summed E-state index contributed by atoms with van der Waals surface area (Å²) in [6.07, 6.45) is 1.60. The molecule has 0 unspecified atom stereocenters. The Balaban J connectivity index is 1.55. The van der Waals surface area contributed by atoms with Gasteiger partial charge in [-0.1, -0.05) is 29.5 Å². The molecule has 166 valence electrons. The van der Waals surface area contributed by atoms with Gasteiger partial charge in [-0.15, -0.1) is 21.5 Å². The van der Waals surface area contributed by atoms with Gasteiger partial charge in [0, 0.05) is 18.1 Å². The van der Waals surface area contributed by atoms with Gasteiger partial charge >= 0.3 is 0 Å². The summed E-state index contributed by atoms with van der Waals surface area (Å²) in [6, 6.07) is 5.97. The summed E-state index contributed by atoms with van der Waals surface area (Å²) < 4.78 is 6.79. The Kier molecular flexibility index (Phi) is 6.07. The minimum Gasteiger partial charge on any atom is -0.469 e. The molecule has 0 bridgehead atoms. The molecule has 32 heavy (non-hydrogen) atoms. The largest absolute Gasteiger partial charge is 0.469 e. The van der Waals surface area contributed by atoms with E-state index in [2.05, 4.69) is 29.3 Å². The number of anilines is 2. The number of thiazole rings is 1. The number of hydrogen-bond donors (Lipinski definition) is 1. The highest BCUT2D eigenvalue weighted by molar-refractivity contribution is 7.98. The summed E-state index contributed by atoms with van der Waals surface area (Å²) in [6.45, 7) is 9.50. The van der Waals surface area contributed by atoms with Crippen LogP contribution in [0.15, 0.2) is 39.4 Å². The van der Waals surface area contributed by atoms with E-state index >= 15 is 0 Å². The lowest BCUT2D eigenvalue weighted by Gasteiger charge is -2.23. The molecule has 0 spiro atoms. The second kappa shape index (κ2) is 8.79. The first-order valence-corrected chi connectivity index (χ1v) is 11.8. The van der Waals surface area contributed by atoms with E-state index < -0.39 is 0 Å². The smallest absolute Gasteiger partial charge is 0.230 e. The molecule has 0 saturated heterocycles. The van der Waals surface area contributed by atoms with Gasteiger partial charge in [0.25, 0.3) is 0 Å². The summed E-state index contributed by atoms with van der Waals surface area (Å²) in [4.78, 5) is 19.0. The second-order valence-corrected chi connectivity index (χ2v) is 9.36. The molecule has 3 heterocycles. The van der Waals surface area contributed by atoms with Gasteiger partial charge in [-0.25, -0.2) is 9.66 Å². The Morgan fingerprint density at radius 3 is 2.56 bits per heavy atom. The van der Waals surface area contributed by atoms with Gasteiger partial charge < -0.3 is 10.3 Å². The van der Waals surface area contributed by atoms with Gasteiger partial charge in [-0.2, -0.15) is 0 Å². The van der Waals surface area contributed by atoms with Gasteiger partial charge in [-0.05, 0) is 44.9 Å². The molecule has 0 aliphatic heterocycles. The van der Waals surface area contributed by atoms with Crippen molar-refractivity contribution < 1.29 is 9.21 Å². The maximum absolute atomic E-state index is 12.6. The van der Waals surface area contributed by atoms with Gasteiger partial charge in [0.1, 0.15) is 5.76 Å². The number of thioether (sulfide) groups is 1. The zero-order valence-electron chi connectivity index (χ0n) is 18.5. The first-order chi connectivity index (χ1) is 15.3. The summed E-state index contributed by atoms with van der Waals surface area (Å²) in [7, 11) is 0. The van der Waals surface area contributed by atoms with Crippen LogP contribution in [0.4, 0.5) is 10.8 Å². The molecule has 8 nitrogen and oxygen atoms in total. The van der Waals surface area contributed by atoms with E-state index in [1.54, 1.807) is 18.1 Å². The zero-order chi connectivity index (χ0) is 23.0. The molecule has 4 rings (SSSR count). The van der Waals surface area contributed by atoms with Crippen molar-refractivity contribution in [3.63, 3.8) is 0 Å². The van der Waals surface area contributed by atoms with E-state index in [-0.39, 0.29) is 5.91 Å². The maximum atomic E-state index is 12.6. The number of benzene rings is 1. The molecule has 0 fully saturated rings. The van der Waals surface area contributed by atoms with E-state index in [9.17, 15) is 4.79 Å². The highest BCUT2D eigenvalue weighted by Crippen LogP contribution is 2.35. The topological polar surface area (TPSA) is 103 Å².